The van der Waals surface area contributed by atoms with Crippen molar-refractivity contribution in [2.75, 3.05) is 20.3 Å². The van der Waals surface area contributed by atoms with Crippen molar-refractivity contribution in [3.63, 3.8) is 0 Å². The van der Waals surface area contributed by atoms with Gasteiger partial charge in [0.25, 0.3) is 0 Å². The van der Waals surface area contributed by atoms with Gasteiger partial charge in [0, 0.05) is 18.9 Å². The van der Waals surface area contributed by atoms with Gasteiger partial charge in [-0.2, -0.15) is 0 Å². The first kappa shape index (κ1) is 23.4. The molecule has 0 amide bonds. The van der Waals surface area contributed by atoms with Crippen LogP contribution in [0, 0.1) is 11.8 Å². The second kappa shape index (κ2) is 9.88. The van der Waals surface area contributed by atoms with E-state index in [4.69, 9.17) is 28.4 Å². The molecular formula is C19H30O11. The van der Waals surface area contributed by atoms with E-state index in [1.807, 2.05) is 6.92 Å². The molecule has 11 nitrogen and oxygen atoms in total. The van der Waals surface area contributed by atoms with E-state index in [1.54, 1.807) is 6.92 Å². The summed E-state index contributed by atoms with van der Waals surface area (Å²) in [6.07, 6.45) is -7.51. The Morgan fingerprint density at radius 1 is 1.17 bits per heavy atom. The first-order valence-corrected chi connectivity index (χ1v) is 9.99. The lowest BCUT2D eigenvalue weighted by Gasteiger charge is -2.47. The number of fused-ring (bicyclic) bond motifs is 1. The summed E-state index contributed by atoms with van der Waals surface area (Å²) in [4.78, 5) is 12.3. The molecule has 11 heteroatoms. The van der Waals surface area contributed by atoms with Crippen molar-refractivity contribution >= 4 is 5.97 Å². The van der Waals surface area contributed by atoms with E-state index in [9.17, 15) is 25.2 Å². The summed E-state index contributed by atoms with van der Waals surface area (Å²) < 4.78 is 33.2. The van der Waals surface area contributed by atoms with Gasteiger partial charge in [0.1, 0.15) is 24.4 Å². The van der Waals surface area contributed by atoms with Gasteiger partial charge in [-0.05, 0) is 13.8 Å². The van der Waals surface area contributed by atoms with Gasteiger partial charge < -0.3 is 48.8 Å². The summed E-state index contributed by atoms with van der Waals surface area (Å²) in [6.45, 7) is 3.49. The van der Waals surface area contributed by atoms with Crippen LogP contribution < -0.4 is 0 Å². The molecule has 3 heterocycles. The molecule has 0 aromatic heterocycles. The first-order valence-electron chi connectivity index (χ1n) is 9.99. The standard InChI is InChI=1S/C19H30O11/c1-4-26-12-5-9-10(17(24)25-3)7-27-18(13(9)8(2)28-12)30-19-16(23)15(22)14(21)11(6-20)29-19/h7-9,11-16,18-23H,4-6H2,1-3H3/t8-,9+,11+,12?,13+,14+,15-,16+,18-,19-/m0/s1. The van der Waals surface area contributed by atoms with Crippen molar-refractivity contribution in [1.82, 2.24) is 0 Å². The quantitative estimate of drug-likeness (QED) is 0.366. The number of hydrogen-bond acceptors (Lipinski definition) is 11. The van der Waals surface area contributed by atoms with Gasteiger partial charge in [0.15, 0.2) is 12.6 Å². The molecule has 30 heavy (non-hydrogen) atoms. The molecule has 0 aromatic rings. The molecule has 10 atom stereocenters. The molecule has 2 fully saturated rings. The van der Waals surface area contributed by atoms with Gasteiger partial charge >= 0.3 is 5.97 Å². The molecule has 4 N–H and O–H groups in total. The van der Waals surface area contributed by atoms with E-state index < -0.39 is 67.9 Å². The van der Waals surface area contributed by atoms with Gasteiger partial charge in [-0.3, -0.25) is 0 Å². The molecule has 3 aliphatic rings. The van der Waals surface area contributed by atoms with E-state index in [0.29, 0.717) is 18.6 Å². The van der Waals surface area contributed by atoms with Crippen LogP contribution in [0.1, 0.15) is 20.3 Å². The third-order valence-electron chi connectivity index (χ3n) is 5.75. The highest BCUT2D eigenvalue weighted by atomic mass is 16.8. The average Bonchev–Trinajstić information content (AvgIpc) is 2.73. The Morgan fingerprint density at radius 2 is 1.90 bits per heavy atom. The Hall–Kier alpha value is -1.31. The van der Waals surface area contributed by atoms with Crippen LogP contribution in [0.3, 0.4) is 0 Å². The maximum absolute atomic E-state index is 12.3. The van der Waals surface area contributed by atoms with Crippen LogP contribution >= 0.6 is 0 Å². The van der Waals surface area contributed by atoms with E-state index in [1.165, 1.54) is 13.4 Å². The van der Waals surface area contributed by atoms with Crippen molar-refractivity contribution in [2.24, 2.45) is 11.8 Å². The molecule has 172 valence electrons. The number of aliphatic hydroxyl groups excluding tert-OH is 4. The topological polar surface area (TPSA) is 153 Å². The molecule has 0 aliphatic carbocycles. The number of hydrogen-bond donors (Lipinski definition) is 4. The smallest absolute Gasteiger partial charge is 0.337 e. The maximum Gasteiger partial charge on any atom is 0.337 e. The average molecular weight is 434 g/mol. The van der Waals surface area contributed by atoms with Crippen molar-refractivity contribution in [2.45, 2.75) is 69.7 Å². The van der Waals surface area contributed by atoms with E-state index >= 15 is 0 Å². The molecule has 3 rings (SSSR count). The monoisotopic (exact) mass is 434 g/mol. The van der Waals surface area contributed by atoms with Gasteiger partial charge in [-0.15, -0.1) is 0 Å². The summed E-state index contributed by atoms with van der Waals surface area (Å²) in [5.41, 5.74) is 0.316. The number of methoxy groups -OCH3 is 1. The van der Waals surface area contributed by atoms with E-state index in [-0.39, 0.29) is 5.92 Å². The van der Waals surface area contributed by atoms with Gasteiger partial charge in [-0.1, -0.05) is 0 Å². The van der Waals surface area contributed by atoms with Gasteiger partial charge in [0.2, 0.25) is 6.29 Å². The molecule has 0 bridgehead atoms. The van der Waals surface area contributed by atoms with Crippen LogP contribution in [0.5, 0.6) is 0 Å². The number of carbonyl (C=O) groups excluding carboxylic acids is 1. The van der Waals surface area contributed by atoms with Crippen molar-refractivity contribution in [3.05, 3.63) is 11.8 Å². The molecule has 0 aromatic carbocycles. The minimum absolute atomic E-state index is 0.316. The summed E-state index contributed by atoms with van der Waals surface area (Å²) in [6, 6.07) is 0. The Kier molecular flexibility index (Phi) is 7.69. The number of esters is 1. The minimum Gasteiger partial charge on any atom is -0.471 e. The predicted molar refractivity (Wildman–Crippen MR) is 97.4 cm³/mol. The zero-order valence-corrected chi connectivity index (χ0v) is 17.1. The molecule has 0 saturated carbocycles. The van der Waals surface area contributed by atoms with Gasteiger partial charge in [0.05, 0.1) is 37.6 Å². The number of rotatable bonds is 6. The Morgan fingerprint density at radius 3 is 2.53 bits per heavy atom. The summed E-state index contributed by atoms with van der Waals surface area (Å²) in [7, 11) is 1.28. The second-order valence-electron chi connectivity index (χ2n) is 7.55. The Balaban J connectivity index is 1.82. The van der Waals surface area contributed by atoms with Crippen molar-refractivity contribution < 1.29 is 53.6 Å². The lowest BCUT2D eigenvalue weighted by molar-refractivity contribution is -0.353. The lowest BCUT2D eigenvalue weighted by atomic mass is 9.77. The second-order valence-corrected chi connectivity index (χ2v) is 7.55. The molecule has 0 radical (unpaired) electrons. The van der Waals surface area contributed by atoms with Crippen LogP contribution in [-0.4, -0.2) is 96.1 Å². The largest absolute Gasteiger partial charge is 0.471 e. The number of aliphatic hydroxyl groups is 4. The molecular weight excluding hydrogens is 404 g/mol. The zero-order chi connectivity index (χ0) is 22.0. The highest BCUT2D eigenvalue weighted by Crippen LogP contribution is 2.43. The van der Waals surface area contributed by atoms with Crippen LogP contribution in [0.2, 0.25) is 0 Å². The lowest BCUT2D eigenvalue weighted by Crippen LogP contribution is -2.61. The highest BCUT2D eigenvalue weighted by Gasteiger charge is 2.51. The van der Waals surface area contributed by atoms with E-state index in [2.05, 4.69) is 0 Å². The SMILES string of the molecule is CCOC1C[C@@H]2C(C(=O)OC)=CO[C@@H](O[C@@H]3O[C@H](CO)[C@@H](O)[C@H](O)[C@H]3O)[C@@H]2[C@H](C)O1. The molecule has 1 unspecified atom stereocenters. The highest BCUT2D eigenvalue weighted by molar-refractivity contribution is 5.88. The normalized spacial score (nSPS) is 43.9. The number of ether oxygens (including phenoxy) is 6. The fraction of sp³-hybridized carbons (Fsp3) is 0.842. The third kappa shape index (κ3) is 4.48. The molecule has 2 saturated heterocycles. The van der Waals surface area contributed by atoms with Crippen molar-refractivity contribution in [1.29, 1.82) is 0 Å². The Labute approximate surface area is 174 Å². The van der Waals surface area contributed by atoms with Crippen LogP contribution in [0.15, 0.2) is 11.8 Å². The van der Waals surface area contributed by atoms with Crippen LogP contribution in [0.25, 0.3) is 0 Å². The van der Waals surface area contributed by atoms with Gasteiger partial charge in [-0.25, -0.2) is 4.79 Å². The minimum atomic E-state index is -1.58. The van der Waals surface area contributed by atoms with Crippen LogP contribution in [-0.2, 0) is 33.2 Å². The zero-order valence-electron chi connectivity index (χ0n) is 17.1. The summed E-state index contributed by atoms with van der Waals surface area (Å²) >= 11 is 0. The first-order chi connectivity index (χ1) is 14.3. The third-order valence-corrected chi connectivity index (χ3v) is 5.75. The Bertz CT molecular complexity index is 624. The maximum atomic E-state index is 12.3. The summed E-state index contributed by atoms with van der Waals surface area (Å²) in [5.74, 6) is -1.39. The van der Waals surface area contributed by atoms with Crippen molar-refractivity contribution in [3.8, 4) is 0 Å². The van der Waals surface area contributed by atoms with E-state index in [0.717, 1.165) is 0 Å². The molecule has 0 spiro atoms. The predicted octanol–water partition coefficient (Wildman–Crippen LogP) is -1.38. The fourth-order valence-electron chi connectivity index (χ4n) is 4.19. The fourth-order valence-corrected chi connectivity index (χ4v) is 4.19. The molecule has 3 aliphatic heterocycles. The van der Waals surface area contributed by atoms with Crippen LogP contribution in [0.4, 0.5) is 0 Å². The number of carbonyl (C=O) groups is 1. The summed E-state index contributed by atoms with van der Waals surface area (Å²) in [5, 5.41) is 39.6.